The van der Waals surface area contributed by atoms with E-state index >= 15 is 0 Å². The number of fused-ring (bicyclic) bond motifs is 1. The monoisotopic (exact) mass is 631 g/mol. The summed E-state index contributed by atoms with van der Waals surface area (Å²) in [5.41, 5.74) is -3.38. The zero-order valence-electron chi connectivity index (χ0n) is 26.1. The summed E-state index contributed by atoms with van der Waals surface area (Å²) in [6.45, 7) is 6.18. The number of methoxy groups -OCH3 is 2. The number of carbonyl (C=O) groups excluding carboxylic acids is 2. The molecule has 1 saturated heterocycles. The summed E-state index contributed by atoms with van der Waals surface area (Å²) in [7, 11) is 3.09. The Labute approximate surface area is 256 Å². The molecule has 0 aliphatic carbocycles. The zero-order chi connectivity index (χ0) is 32.7. The highest BCUT2D eigenvalue weighted by atomic mass is 19.4. The van der Waals surface area contributed by atoms with Gasteiger partial charge in [-0.2, -0.15) is 13.2 Å². The maximum Gasteiger partial charge on any atom is 0.417 e. The molecule has 11 nitrogen and oxygen atoms in total. The van der Waals surface area contributed by atoms with Crippen LogP contribution >= 0.6 is 0 Å². The zero-order valence-corrected chi connectivity index (χ0v) is 26.1. The van der Waals surface area contributed by atoms with E-state index in [1.54, 1.807) is 28.1 Å². The van der Waals surface area contributed by atoms with E-state index in [0.717, 1.165) is 12.1 Å². The average Bonchev–Trinajstić information content (AvgIpc) is 2.96. The van der Waals surface area contributed by atoms with Gasteiger partial charge in [-0.3, -0.25) is 9.59 Å². The molecule has 248 valence electrons. The van der Waals surface area contributed by atoms with Crippen LogP contribution in [0.5, 0.6) is 5.75 Å². The first kappa shape index (κ1) is 35.4. The predicted octanol–water partition coefficient (Wildman–Crippen LogP) is 4.66. The smallest absolute Gasteiger partial charge is 0.417 e. The molecule has 0 spiro atoms. The minimum absolute atomic E-state index is 0.0124. The molecule has 2 atom stereocenters. The Hall–Kier alpha value is -3.10. The number of hydrogen-bond donors (Lipinski definition) is 1. The topological polar surface area (TPSA) is 118 Å². The van der Waals surface area contributed by atoms with Gasteiger partial charge in [0.25, 0.3) is 11.8 Å². The molecular weight excluding hydrogens is 587 g/mol. The van der Waals surface area contributed by atoms with E-state index < -0.39 is 52.9 Å². The van der Waals surface area contributed by atoms with E-state index in [-0.39, 0.29) is 44.3 Å². The molecule has 3 rings (SSSR count). The van der Waals surface area contributed by atoms with Gasteiger partial charge in [0.1, 0.15) is 5.75 Å². The highest BCUT2D eigenvalue weighted by Crippen LogP contribution is 2.45. The van der Waals surface area contributed by atoms with Crippen LogP contribution in [0.2, 0.25) is 0 Å². The third-order valence-corrected chi connectivity index (χ3v) is 7.80. The number of anilines is 1. The van der Waals surface area contributed by atoms with Gasteiger partial charge in [0, 0.05) is 59.7 Å². The molecule has 3 amide bonds. The lowest BCUT2D eigenvalue weighted by Gasteiger charge is -2.42. The first-order valence-corrected chi connectivity index (χ1v) is 14.9. The number of benzene rings is 1. The molecular formula is C30H44F3N3O8. The van der Waals surface area contributed by atoms with Crippen LogP contribution in [0.1, 0.15) is 68.8 Å². The van der Waals surface area contributed by atoms with Crippen molar-refractivity contribution in [3.8, 4) is 5.75 Å². The van der Waals surface area contributed by atoms with Crippen LogP contribution in [0.15, 0.2) is 12.1 Å². The highest BCUT2D eigenvalue weighted by Gasteiger charge is 2.48. The van der Waals surface area contributed by atoms with Crippen molar-refractivity contribution in [1.82, 2.24) is 9.80 Å². The molecule has 2 heterocycles. The lowest BCUT2D eigenvalue weighted by Crippen LogP contribution is -2.57. The standard InChI is InChI=1S/C30H44F3N3O8/c1-20(2)36(21-10-8-11-34(18-21)28(39)40)26(37)22-16-24-25(17-23(22)30(31,32)33)44-29(3,19-43-15-9-14-42-5)27(38)35(24)12-6-7-13-41-4/h16-17,20-21H,6-15,18-19H2,1-5H3,(H,39,40)/t21-,29?/m1/s1. The maximum absolute atomic E-state index is 14.6. The van der Waals surface area contributed by atoms with Crippen molar-refractivity contribution in [1.29, 1.82) is 0 Å². The number of ether oxygens (including phenoxy) is 4. The van der Waals surface area contributed by atoms with Gasteiger partial charge in [0.15, 0.2) is 0 Å². The van der Waals surface area contributed by atoms with Crippen molar-refractivity contribution in [2.24, 2.45) is 0 Å². The molecule has 2 aliphatic heterocycles. The van der Waals surface area contributed by atoms with Gasteiger partial charge in [0.05, 0.1) is 29.5 Å². The largest absolute Gasteiger partial charge is 0.473 e. The van der Waals surface area contributed by atoms with Gasteiger partial charge >= 0.3 is 12.3 Å². The Kier molecular flexibility index (Phi) is 12.3. The van der Waals surface area contributed by atoms with Crippen molar-refractivity contribution in [2.75, 3.05) is 65.2 Å². The number of amides is 3. The van der Waals surface area contributed by atoms with Gasteiger partial charge in [-0.15, -0.1) is 0 Å². The van der Waals surface area contributed by atoms with Crippen LogP contribution in [-0.2, 0) is 25.2 Å². The lowest BCUT2D eigenvalue weighted by molar-refractivity contribution is -0.140. The fourth-order valence-corrected chi connectivity index (χ4v) is 5.67. The van der Waals surface area contributed by atoms with E-state index in [1.807, 2.05) is 0 Å². The Morgan fingerprint density at radius 2 is 1.82 bits per heavy atom. The number of unbranched alkanes of at least 4 members (excludes halogenated alkanes) is 1. The van der Waals surface area contributed by atoms with E-state index in [2.05, 4.69) is 0 Å². The fourth-order valence-electron chi connectivity index (χ4n) is 5.67. The van der Waals surface area contributed by atoms with Gasteiger partial charge in [-0.05, 0) is 65.0 Å². The molecule has 0 radical (unpaired) electrons. The summed E-state index contributed by atoms with van der Waals surface area (Å²) < 4.78 is 65.5. The fraction of sp³-hybridized carbons (Fsp3) is 0.700. The normalized spacial score (nSPS) is 20.5. The summed E-state index contributed by atoms with van der Waals surface area (Å²) in [6, 6.07) is 0.718. The molecule has 1 aromatic rings. The van der Waals surface area contributed by atoms with Crippen LogP contribution in [0, 0.1) is 0 Å². The second-order valence-corrected chi connectivity index (χ2v) is 11.6. The number of nitrogens with zero attached hydrogens (tertiary/aromatic N) is 3. The molecule has 14 heteroatoms. The molecule has 1 aromatic carbocycles. The van der Waals surface area contributed by atoms with E-state index in [1.165, 1.54) is 21.6 Å². The number of carbonyl (C=O) groups is 3. The Bertz CT molecular complexity index is 1170. The number of hydrogen-bond acceptors (Lipinski definition) is 7. The first-order valence-electron chi connectivity index (χ1n) is 14.9. The van der Waals surface area contributed by atoms with Gasteiger partial charge in [-0.25, -0.2) is 4.79 Å². The number of rotatable bonds is 14. The van der Waals surface area contributed by atoms with Gasteiger partial charge in [0.2, 0.25) is 5.60 Å². The molecule has 44 heavy (non-hydrogen) atoms. The van der Waals surface area contributed by atoms with Crippen molar-refractivity contribution in [2.45, 2.75) is 76.7 Å². The number of piperidine rings is 1. The van der Waals surface area contributed by atoms with E-state index in [9.17, 15) is 32.7 Å². The first-order chi connectivity index (χ1) is 20.7. The van der Waals surface area contributed by atoms with Crippen LogP contribution in [0.3, 0.4) is 0 Å². The minimum Gasteiger partial charge on any atom is -0.473 e. The van der Waals surface area contributed by atoms with Crippen LogP contribution < -0.4 is 9.64 Å². The third kappa shape index (κ3) is 8.33. The van der Waals surface area contributed by atoms with Crippen LogP contribution in [0.25, 0.3) is 0 Å². The third-order valence-electron chi connectivity index (χ3n) is 7.80. The van der Waals surface area contributed by atoms with Gasteiger partial charge in [-0.1, -0.05) is 0 Å². The summed E-state index contributed by atoms with van der Waals surface area (Å²) in [4.78, 5) is 43.3. The second kappa shape index (κ2) is 15.3. The van der Waals surface area contributed by atoms with Crippen molar-refractivity contribution < 1.29 is 51.6 Å². The summed E-state index contributed by atoms with van der Waals surface area (Å²) >= 11 is 0. The molecule has 1 unspecified atom stereocenters. The molecule has 2 aliphatic rings. The van der Waals surface area contributed by atoms with Crippen LogP contribution in [0.4, 0.5) is 23.7 Å². The van der Waals surface area contributed by atoms with Crippen molar-refractivity contribution in [3.05, 3.63) is 23.3 Å². The number of carboxylic acid groups (broad SMARTS) is 1. The number of likely N-dealkylation sites (tertiary alicyclic amines) is 1. The average molecular weight is 632 g/mol. The molecule has 1 N–H and O–H groups in total. The van der Waals surface area contributed by atoms with E-state index in [4.69, 9.17) is 18.9 Å². The second-order valence-electron chi connectivity index (χ2n) is 11.6. The van der Waals surface area contributed by atoms with Crippen LogP contribution in [-0.4, -0.2) is 111 Å². The minimum atomic E-state index is -4.93. The summed E-state index contributed by atoms with van der Waals surface area (Å²) in [5.74, 6) is -1.58. The summed E-state index contributed by atoms with van der Waals surface area (Å²) in [6.07, 6.45) is -3.54. The number of alkyl halides is 3. The Morgan fingerprint density at radius 1 is 1.14 bits per heavy atom. The SMILES string of the molecule is COCCCCN1C(=O)C(C)(COCCCOC)Oc2cc(C(F)(F)F)c(C(=O)N(C(C)C)[C@@H]3CCCN(C(=O)O)C3)cc21. The molecule has 1 fully saturated rings. The Morgan fingerprint density at radius 3 is 2.43 bits per heavy atom. The van der Waals surface area contributed by atoms with Gasteiger partial charge < -0.3 is 38.8 Å². The molecule has 0 bridgehead atoms. The number of halogens is 3. The quantitative estimate of drug-likeness (QED) is 0.295. The van der Waals surface area contributed by atoms with Crippen molar-refractivity contribution >= 4 is 23.6 Å². The molecule has 0 aromatic heterocycles. The highest BCUT2D eigenvalue weighted by molar-refractivity contribution is 6.05. The van der Waals surface area contributed by atoms with E-state index in [0.29, 0.717) is 45.3 Å². The lowest BCUT2D eigenvalue weighted by atomic mass is 9.96. The summed E-state index contributed by atoms with van der Waals surface area (Å²) in [5, 5.41) is 9.51. The Balaban J connectivity index is 2.07. The predicted molar refractivity (Wildman–Crippen MR) is 155 cm³/mol. The molecule has 0 saturated carbocycles. The van der Waals surface area contributed by atoms with Crippen molar-refractivity contribution in [3.63, 3.8) is 0 Å². The maximum atomic E-state index is 14.6.